The van der Waals surface area contributed by atoms with Crippen molar-refractivity contribution in [3.05, 3.63) is 22.2 Å². The lowest BCUT2D eigenvalue weighted by molar-refractivity contribution is 0.402. The van der Waals surface area contributed by atoms with Crippen LogP contribution >= 0.6 is 15.9 Å². The summed E-state index contributed by atoms with van der Waals surface area (Å²) in [6.07, 6.45) is 2.10. The Bertz CT molecular complexity index is 388. The number of phenols is 1. The highest BCUT2D eigenvalue weighted by Gasteiger charge is 2.44. The standard InChI is InChI=1S/C11H14BrNO2/c1-15-10-5-9(14)7(4-8(10)12)11(6-13)2-3-11/h4-5,14H,2-3,6,13H2,1H3. The second-order valence-corrected chi connectivity index (χ2v) is 4.84. The van der Waals surface area contributed by atoms with Gasteiger partial charge in [-0.25, -0.2) is 0 Å². The Kier molecular flexibility index (Phi) is 2.64. The summed E-state index contributed by atoms with van der Waals surface area (Å²) in [4.78, 5) is 0. The average molecular weight is 272 g/mol. The van der Waals surface area contributed by atoms with Crippen molar-refractivity contribution in [3.8, 4) is 11.5 Å². The zero-order valence-corrected chi connectivity index (χ0v) is 10.2. The van der Waals surface area contributed by atoms with E-state index >= 15 is 0 Å². The van der Waals surface area contributed by atoms with Crippen molar-refractivity contribution in [2.45, 2.75) is 18.3 Å². The van der Waals surface area contributed by atoms with E-state index in [0.29, 0.717) is 12.3 Å². The van der Waals surface area contributed by atoms with Gasteiger partial charge in [-0.3, -0.25) is 0 Å². The van der Waals surface area contributed by atoms with Crippen LogP contribution in [0.1, 0.15) is 18.4 Å². The van der Waals surface area contributed by atoms with Gasteiger partial charge in [-0.15, -0.1) is 0 Å². The molecule has 0 radical (unpaired) electrons. The summed E-state index contributed by atoms with van der Waals surface area (Å²) in [7, 11) is 1.58. The fourth-order valence-electron chi connectivity index (χ4n) is 1.86. The molecule has 3 nitrogen and oxygen atoms in total. The Morgan fingerprint density at radius 2 is 2.20 bits per heavy atom. The van der Waals surface area contributed by atoms with Gasteiger partial charge < -0.3 is 15.6 Å². The number of halogens is 1. The van der Waals surface area contributed by atoms with Crippen LogP contribution in [0.3, 0.4) is 0 Å². The third kappa shape index (κ3) is 1.72. The molecule has 1 aromatic rings. The molecule has 15 heavy (non-hydrogen) atoms. The van der Waals surface area contributed by atoms with E-state index < -0.39 is 0 Å². The van der Waals surface area contributed by atoms with Crippen molar-refractivity contribution >= 4 is 15.9 Å². The van der Waals surface area contributed by atoms with Crippen LogP contribution in [0.2, 0.25) is 0 Å². The van der Waals surface area contributed by atoms with Gasteiger partial charge in [0.2, 0.25) is 0 Å². The van der Waals surface area contributed by atoms with E-state index in [2.05, 4.69) is 15.9 Å². The third-order valence-electron chi connectivity index (χ3n) is 3.09. The topological polar surface area (TPSA) is 55.5 Å². The maximum absolute atomic E-state index is 9.90. The van der Waals surface area contributed by atoms with Gasteiger partial charge in [-0.2, -0.15) is 0 Å². The van der Waals surface area contributed by atoms with E-state index in [1.807, 2.05) is 6.07 Å². The Hall–Kier alpha value is -0.740. The van der Waals surface area contributed by atoms with Gasteiger partial charge in [0.25, 0.3) is 0 Å². The Morgan fingerprint density at radius 1 is 1.53 bits per heavy atom. The average Bonchev–Trinajstić information content (AvgIpc) is 3.01. The first-order chi connectivity index (χ1) is 7.13. The smallest absolute Gasteiger partial charge is 0.136 e. The molecule has 0 amide bonds. The van der Waals surface area contributed by atoms with Crippen LogP contribution in [-0.4, -0.2) is 18.8 Å². The fraction of sp³-hybridized carbons (Fsp3) is 0.455. The molecule has 1 saturated carbocycles. The second-order valence-electron chi connectivity index (χ2n) is 3.99. The lowest BCUT2D eigenvalue weighted by Gasteiger charge is -2.16. The molecular formula is C11H14BrNO2. The monoisotopic (exact) mass is 271 g/mol. The lowest BCUT2D eigenvalue weighted by atomic mass is 9.95. The van der Waals surface area contributed by atoms with Gasteiger partial charge in [0.1, 0.15) is 11.5 Å². The quantitative estimate of drug-likeness (QED) is 0.886. The molecule has 0 heterocycles. The molecule has 0 spiro atoms. The SMILES string of the molecule is COc1cc(O)c(C2(CN)CC2)cc1Br. The fourth-order valence-corrected chi connectivity index (χ4v) is 2.36. The molecule has 3 N–H and O–H groups in total. The van der Waals surface area contributed by atoms with Gasteiger partial charge >= 0.3 is 0 Å². The minimum atomic E-state index is -0.00112. The molecule has 0 unspecified atom stereocenters. The van der Waals surface area contributed by atoms with Gasteiger partial charge in [-0.1, -0.05) is 0 Å². The number of phenolic OH excluding ortho intramolecular Hbond substituents is 1. The molecule has 0 atom stereocenters. The largest absolute Gasteiger partial charge is 0.508 e. The number of methoxy groups -OCH3 is 1. The van der Waals surface area contributed by atoms with Crippen LogP contribution in [0, 0.1) is 0 Å². The molecular weight excluding hydrogens is 258 g/mol. The maximum atomic E-state index is 9.90. The van der Waals surface area contributed by atoms with Crippen LogP contribution < -0.4 is 10.5 Å². The number of aromatic hydroxyl groups is 1. The molecule has 1 aromatic carbocycles. The summed E-state index contributed by atoms with van der Waals surface area (Å²) in [6, 6.07) is 3.54. The molecule has 2 rings (SSSR count). The predicted octanol–water partition coefficient (Wildman–Crippen LogP) is 2.15. The van der Waals surface area contributed by atoms with Gasteiger partial charge in [0, 0.05) is 23.6 Å². The van der Waals surface area contributed by atoms with E-state index in [1.54, 1.807) is 13.2 Å². The van der Waals surface area contributed by atoms with Crippen LogP contribution in [-0.2, 0) is 5.41 Å². The molecule has 82 valence electrons. The molecule has 0 saturated heterocycles. The van der Waals surface area contributed by atoms with Crippen molar-refractivity contribution < 1.29 is 9.84 Å². The normalized spacial score (nSPS) is 17.5. The third-order valence-corrected chi connectivity index (χ3v) is 3.71. The molecule has 0 aromatic heterocycles. The molecule has 1 aliphatic rings. The maximum Gasteiger partial charge on any atom is 0.136 e. The first-order valence-electron chi connectivity index (χ1n) is 4.90. The van der Waals surface area contributed by atoms with Crippen molar-refractivity contribution in [2.75, 3.05) is 13.7 Å². The summed E-state index contributed by atoms with van der Waals surface area (Å²) < 4.78 is 5.97. The summed E-state index contributed by atoms with van der Waals surface area (Å²) in [6.45, 7) is 0.583. The summed E-state index contributed by atoms with van der Waals surface area (Å²) >= 11 is 3.41. The number of ether oxygens (including phenoxy) is 1. The van der Waals surface area contributed by atoms with Crippen LogP contribution in [0.4, 0.5) is 0 Å². The minimum absolute atomic E-state index is 0.00112. The van der Waals surface area contributed by atoms with Gasteiger partial charge in [0.15, 0.2) is 0 Å². The Morgan fingerprint density at radius 3 is 2.67 bits per heavy atom. The lowest BCUT2D eigenvalue weighted by Crippen LogP contribution is -2.19. The molecule has 0 aliphatic heterocycles. The predicted molar refractivity (Wildman–Crippen MR) is 62.3 cm³/mol. The molecule has 1 aliphatic carbocycles. The van der Waals surface area contributed by atoms with Crippen molar-refractivity contribution in [3.63, 3.8) is 0 Å². The molecule has 0 bridgehead atoms. The van der Waals surface area contributed by atoms with E-state index in [9.17, 15) is 5.11 Å². The highest BCUT2D eigenvalue weighted by atomic mass is 79.9. The van der Waals surface area contributed by atoms with Crippen molar-refractivity contribution in [1.82, 2.24) is 0 Å². The molecule has 4 heteroatoms. The summed E-state index contributed by atoms with van der Waals surface area (Å²) in [5.41, 5.74) is 6.66. The number of hydrogen-bond acceptors (Lipinski definition) is 3. The number of rotatable bonds is 3. The van der Waals surface area contributed by atoms with Crippen LogP contribution in [0.15, 0.2) is 16.6 Å². The molecule has 1 fully saturated rings. The zero-order chi connectivity index (χ0) is 11.1. The van der Waals surface area contributed by atoms with E-state index in [0.717, 1.165) is 22.9 Å². The Balaban J connectivity index is 2.45. The Labute approximate surface area is 97.4 Å². The summed E-state index contributed by atoms with van der Waals surface area (Å²) in [5.74, 6) is 0.919. The van der Waals surface area contributed by atoms with E-state index in [-0.39, 0.29) is 11.2 Å². The number of nitrogens with two attached hydrogens (primary N) is 1. The summed E-state index contributed by atoms with van der Waals surface area (Å²) in [5, 5.41) is 9.90. The minimum Gasteiger partial charge on any atom is -0.508 e. The van der Waals surface area contributed by atoms with Crippen LogP contribution in [0.25, 0.3) is 0 Å². The second kappa shape index (κ2) is 3.68. The number of benzene rings is 1. The van der Waals surface area contributed by atoms with E-state index in [1.165, 1.54) is 0 Å². The number of hydrogen-bond donors (Lipinski definition) is 2. The van der Waals surface area contributed by atoms with Crippen molar-refractivity contribution in [1.29, 1.82) is 0 Å². The van der Waals surface area contributed by atoms with Crippen molar-refractivity contribution in [2.24, 2.45) is 5.73 Å². The highest BCUT2D eigenvalue weighted by molar-refractivity contribution is 9.10. The van der Waals surface area contributed by atoms with Gasteiger partial charge in [-0.05, 0) is 34.8 Å². The van der Waals surface area contributed by atoms with Gasteiger partial charge in [0.05, 0.1) is 11.6 Å². The van der Waals surface area contributed by atoms with Crippen LogP contribution in [0.5, 0.6) is 11.5 Å². The zero-order valence-electron chi connectivity index (χ0n) is 8.59. The first kappa shape index (κ1) is 10.8. The highest BCUT2D eigenvalue weighted by Crippen LogP contribution is 2.51. The first-order valence-corrected chi connectivity index (χ1v) is 5.69. The van der Waals surface area contributed by atoms with E-state index in [4.69, 9.17) is 10.5 Å².